The van der Waals surface area contributed by atoms with Crippen molar-refractivity contribution in [3.63, 3.8) is 0 Å². The Hall–Kier alpha value is -4.84. The lowest BCUT2D eigenvalue weighted by molar-refractivity contribution is -0.192. The number of hydrogen-bond acceptors (Lipinski definition) is 4. The third-order valence-electron chi connectivity index (χ3n) is 6.34. The van der Waals surface area contributed by atoms with Crippen molar-refractivity contribution < 1.29 is 32.6 Å². The molecule has 0 unspecified atom stereocenters. The molecule has 0 saturated carbocycles. The number of rotatable bonds is 8. The SMILES string of the molecule is COc1cccc2c1cc(C(=O)NCc1ccc([N+](C)(C)C)cc1)n2Cc1cccc(C(=N)N)c1.O=C(O)C(F)(F)F. The smallest absolute Gasteiger partial charge is 0.490 e. The number of nitrogens with zero attached hydrogens (tertiary/aromatic N) is 2. The highest BCUT2D eigenvalue weighted by Crippen LogP contribution is 2.30. The monoisotopic (exact) mass is 584 g/mol. The Bertz CT molecular complexity index is 1590. The van der Waals surface area contributed by atoms with E-state index in [1.807, 2.05) is 59.2 Å². The molecule has 0 atom stereocenters. The summed E-state index contributed by atoms with van der Waals surface area (Å²) >= 11 is 0. The molecule has 9 nitrogen and oxygen atoms in total. The van der Waals surface area contributed by atoms with Crippen LogP contribution in [0.5, 0.6) is 5.75 Å². The number of carboxylic acids is 1. The van der Waals surface area contributed by atoms with Gasteiger partial charge in [-0.2, -0.15) is 13.2 Å². The summed E-state index contributed by atoms with van der Waals surface area (Å²) in [6.07, 6.45) is -5.08. The molecule has 1 aromatic heterocycles. The van der Waals surface area contributed by atoms with E-state index in [9.17, 15) is 18.0 Å². The summed E-state index contributed by atoms with van der Waals surface area (Å²) in [7, 11) is 7.99. The summed E-state index contributed by atoms with van der Waals surface area (Å²) in [5.74, 6) is -2.20. The molecule has 0 aliphatic carbocycles. The van der Waals surface area contributed by atoms with Crippen LogP contribution in [0.2, 0.25) is 0 Å². The fourth-order valence-corrected chi connectivity index (χ4v) is 4.15. The number of aromatic nitrogens is 1. The molecule has 4 rings (SSSR count). The largest absolute Gasteiger partial charge is 0.496 e. The molecule has 0 aliphatic heterocycles. The van der Waals surface area contributed by atoms with Crippen LogP contribution in [0.4, 0.5) is 18.9 Å². The molecule has 0 fully saturated rings. The maximum Gasteiger partial charge on any atom is 0.490 e. The number of carbonyl (C=O) groups excluding carboxylic acids is 1. The van der Waals surface area contributed by atoms with Crippen molar-refractivity contribution in [2.75, 3.05) is 28.3 Å². The van der Waals surface area contributed by atoms with Gasteiger partial charge in [-0.3, -0.25) is 14.7 Å². The summed E-state index contributed by atoms with van der Waals surface area (Å²) in [6, 6.07) is 23.5. The van der Waals surface area contributed by atoms with Crippen molar-refractivity contribution in [3.8, 4) is 5.75 Å². The predicted octanol–water partition coefficient (Wildman–Crippen LogP) is 4.74. The Labute approximate surface area is 241 Å². The second kappa shape index (κ2) is 12.8. The molecule has 3 aromatic carbocycles. The Kier molecular flexibility index (Phi) is 9.64. The van der Waals surface area contributed by atoms with Crippen molar-refractivity contribution >= 4 is 34.3 Å². The molecular weight excluding hydrogens is 551 g/mol. The van der Waals surface area contributed by atoms with Crippen molar-refractivity contribution in [2.45, 2.75) is 19.3 Å². The van der Waals surface area contributed by atoms with Crippen molar-refractivity contribution in [3.05, 3.63) is 95.2 Å². The molecule has 1 amide bonds. The lowest BCUT2D eigenvalue weighted by Gasteiger charge is -2.23. The van der Waals surface area contributed by atoms with Crippen LogP contribution in [0, 0.1) is 5.41 Å². The minimum Gasteiger partial charge on any atom is -0.496 e. The minimum atomic E-state index is -5.08. The highest BCUT2D eigenvalue weighted by atomic mass is 19.4. The Morgan fingerprint density at radius 1 is 1.00 bits per heavy atom. The van der Waals surface area contributed by atoms with Crippen molar-refractivity contribution in [2.24, 2.45) is 5.73 Å². The van der Waals surface area contributed by atoms with Gasteiger partial charge in [0.2, 0.25) is 0 Å². The Morgan fingerprint density at radius 2 is 1.62 bits per heavy atom. The first-order valence-corrected chi connectivity index (χ1v) is 12.7. The van der Waals surface area contributed by atoms with E-state index in [2.05, 4.69) is 38.6 Å². The van der Waals surface area contributed by atoms with E-state index < -0.39 is 12.1 Å². The van der Waals surface area contributed by atoms with Gasteiger partial charge in [0.15, 0.2) is 0 Å². The number of amides is 1. The average Bonchev–Trinajstić information content (AvgIpc) is 3.30. The van der Waals surface area contributed by atoms with Gasteiger partial charge in [0.05, 0.1) is 33.8 Å². The van der Waals surface area contributed by atoms with Gasteiger partial charge >= 0.3 is 12.1 Å². The molecule has 5 N–H and O–H groups in total. The summed E-state index contributed by atoms with van der Waals surface area (Å²) in [5.41, 5.74) is 11.0. The number of amidine groups is 1. The van der Waals surface area contributed by atoms with Crippen molar-refractivity contribution in [1.82, 2.24) is 14.4 Å². The number of nitrogens with one attached hydrogen (secondary N) is 2. The Balaban J connectivity index is 0.000000616. The number of carbonyl (C=O) groups is 2. The van der Waals surface area contributed by atoms with Gasteiger partial charge in [-0.1, -0.05) is 36.4 Å². The highest BCUT2D eigenvalue weighted by Gasteiger charge is 2.38. The van der Waals surface area contributed by atoms with Crippen LogP contribution in [-0.2, 0) is 17.9 Å². The van der Waals surface area contributed by atoms with Gasteiger partial charge in [-0.25, -0.2) is 4.79 Å². The number of benzene rings is 3. The maximum atomic E-state index is 13.4. The first-order valence-electron chi connectivity index (χ1n) is 12.7. The molecule has 12 heteroatoms. The van der Waals surface area contributed by atoms with E-state index in [0.717, 1.165) is 26.5 Å². The van der Waals surface area contributed by atoms with Gasteiger partial charge in [-0.05, 0) is 47.5 Å². The van der Waals surface area contributed by atoms with E-state index >= 15 is 0 Å². The molecule has 0 aliphatic rings. The van der Waals surface area contributed by atoms with Crippen LogP contribution < -0.4 is 20.3 Å². The quantitative estimate of drug-likeness (QED) is 0.135. The van der Waals surface area contributed by atoms with Crippen molar-refractivity contribution in [1.29, 1.82) is 5.41 Å². The number of nitrogen functional groups attached to an aromatic ring is 1. The van der Waals surface area contributed by atoms with Gasteiger partial charge < -0.3 is 25.5 Å². The molecule has 222 valence electrons. The van der Waals surface area contributed by atoms with Crippen LogP contribution in [0.3, 0.4) is 0 Å². The van der Waals surface area contributed by atoms with E-state index in [1.54, 1.807) is 13.2 Å². The Morgan fingerprint density at radius 3 is 2.17 bits per heavy atom. The number of nitrogens with two attached hydrogens (primary N) is 1. The van der Waals surface area contributed by atoms with Gasteiger partial charge in [0.1, 0.15) is 23.0 Å². The molecule has 0 radical (unpaired) electrons. The standard InChI is InChI=1S/C28H31N5O2.C2HF3O2/c1-33(2,3)22-13-11-19(12-14-22)17-31-28(34)25-16-23-24(9-6-10-26(23)35-4)32(25)18-20-7-5-8-21(15-20)27(29)30;3-2(4,5)1(6)7/h5-16H,17-18H2,1-4H3,(H3-,29,30,31,34);(H,6,7)/p+1. The number of methoxy groups -OCH3 is 1. The summed E-state index contributed by atoms with van der Waals surface area (Å²) in [6.45, 7) is 0.882. The molecule has 1 heterocycles. The number of ether oxygens (including phenoxy) is 1. The van der Waals surface area contributed by atoms with E-state index in [4.69, 9.17) is 25.8 Å². The lowest BCUT2D eigenvalue weighted by Crippen LogP contribution is -2.34. The zero-order chi connectivity index (χ0) is 31.2. The minimum absolute atomic E-state index is 0.0140. The summed E-state index contributed by atoms with van der Waals surface area (Å²) < 4.78 is 40.0. The molecular formula is C30H33F3N5O4+. The van der Waals surface area contributed by atoms with Crippen LogP contribution in [0.25, 0.3) is 10.9 Å². The number of aliphatic carboxylic acids is 1. The number of hydrogen-bond donors (Lipinski definition) is 4. The number of quaternary nitrogens is 1. The maximum absolute atomic E-state index is 13.4. The average molecular weight is 585 g/mol. The predicted molar refractivity (Wildman–Crippen MR) is 156 cm³/mol. The van der Waals surface area contributed by atoms with Gasteiger partial charge in [0, 0.05) is 24.0 Å². The highest BCUT2D eigenvalue weighted by molar-refractivity contribution is 6.00. The number of alkyl halides is 3. The second-order valence-corrected chi connectivity index (χ2v) is 10.3. The van der Waals surface area contributed by atoms with Gasteiger partial charge in [-0.15, -0.1) is 0 Å². The molecule has 0 spiro atoms. The van der Waals surface area contributed by atoms with Crippen LogP contribution in [0.1, 0.15) is 27.2 Å². The van der Waals surface area contributed by atoms with Crippen LogP contribution in [0.15, 0.2) is 72.8 Å². The number of fused-ring (bicyclic) bond motifs is 1. The first-order chi connectivity index (χ1) is 19.6. The normalized spacial score (nSPS) is 11.4. The topological polar surface area (TPSA) is 130 Å². The zero-order valence-electron chi connectivity index (χ0n) is 23.6. The summed E-state index contributed by atoms with van der Waals surface area (Å²) in [4.78, 5) is 22.3. The molecule has 0 bridgehead atoms. The number of halogens is 3. The van der Waals surface area contributed by atoms with Crippen LogP contribution in [-0.4, -0.2) is 61.8 Å². The lowest BCUT2D eigenvalue weighted by atomic mass is 10.1. The van der Waals surface area contributed by atoms with E-state index in [1.165, 1.54) is 5.69 Å². The third-order valence-corrected chi connectivity index (χ3v) is 6.34. The second-order valence-electron chi connectivity index (χ2n) is 10.3. The summed E-state index contributed by atoms with van der Waals surface area (Å²) in [5, 5.41) is 18.8. The number of carboxylic acid groups (broad SMARTS) is 1. The zero-order valence-corrected chi connectivity index (χ0v) is 23.6. The van der Waals surface area contributed by atoms with Gasteiger partial charge in [0.25, 0.3) is 5.91 Å². The van der Waals surface area contributed by atoms with Crippen LogP contribution >= 0.6 is 0 Å². The van der Waals surface area contributed by atoms with E-state index in [-0.39, 0.29) is 11.7 Å². The fourth-order valence-electron chi connectivity index (χ4n) is 4.15. The first kappa shape index (κ1) is 31.7. The third kappa shape index (κ3) is 7.88. The fraction of sp³-hybridized carbons (Fsp3) is 0.233. The molecule has 0 saturated heterocycles. The van der Waals surface area contributed by atoms with E-state index in [0.29, 0.717) is 30.1 Å². The molecule has 42 heavy (non-hydrogen) atoms. The molecule has 4 aromatic rings.